The molecule has 5 aromatic rings. The van der Waals surface area contributed by atoms with E-state index in [9.17, 15) is 18.0 Å². The minimum atomic E-state index is -1.18. The first-order chi connectivity index (χ1) is 17.9. The number of H-pyrrole nitrogens is 1. The van der Waals surface area contributed by atoms with Gasteiger partial charge in [-0.2, -0.15) is 0 Å². The second kappa shape index (κ2) is 10.3. The fourth-order valence-corrected chi connectivity index (χ4v) is 4.67. The van der Waals surface area contributed by atoms with Gasteiger partial charge in [0.2, 0.25) is 5.78 Å². The van der Waals surface area contributed by atoms with Crippen LogP contribution < -0.4 is 4.72 Å². The van der Waals surface area contributed by atoms with Crippen LogP contribution in [0.2, 0.25) is 0 Å². The van der Waals surface area contributed by atoms with Crippen LogP contribution in [0.25, 0.3) is 22.2 Å². The Morgan fingerprint density at radius 2 is 1.68 bits per heavy atom. The highest BCUT2D eigenvalue weighted by atomic mass is 32.2. The Morgan fingerprint density at radius 3 is 2.43 bits per heavy atom. The van der Waals surface area contributed by atoms with Crippen molar-refractivity contribution < 1.29 is 26.9 Å². The molecule has 5 nitrogen and oxygen atoms in total. The number of anilines is 1. The van der Waals surface area contributed by atoms with Crippen molar-refractivity contribution in [1.29, 1.82) is 0 Å². The van der Waals surface area contributed by atoms with Gasteiger partial charge in [-0.15, -0.1) is 0 Å². The lowest BCUT2D eigenvalue weighted by Gasteiger charge is -2.11. The minimum Gasteiger partial charge on any atom is -0.345 e. The molecule has 0 saturated heterocycles. The SMILES string of the molecule is O=C(c1c(F)ccc(NSc2cc(F)ccc2F)c1F)c1c[nH]c2ncc(-c3ccc(SO)cc3)cc12. The number of carbonyl (C=O) groups is 1. The smallest absolute Gasteiger partial charge is 0.201 e. The molecule has 5 rings (SSSR count). The third-order valence-corrected chi connectivity index (χ3v) is 6.89. The average Bonchev–Trinajstić information content (AvgIpc) is 3.33. The maximum atomic E-state index is 15.3. The summed E-state index contributed by atoms with van der Waals surface area (Å²) in [5.41, 5.74) is 0.685. The van der Waals surface area contributed by atoms with Crippen LogP contribution in [0.3, 0.4) is 0 Å². The molecule has 0 radical (unpaired) electrons. The lowest BCUT2D eigenvalue weighted by molar-refractivity contribution is 0.103. The number of aromatic nitrogens is 2. The van der Waals surface area contributed by atoms with Gasteiger partial charge in [-0.1, -0.05) is 12.1 Å². The second-order valence-corrected chi connectivity index (χ2v) is 9.33. The van der Waals surface area contributed by atoms with Crippen LogP contribution >= 0.6 is 24.0 Å². The molecule has 0 saturated carbocycles. The van der Waals surface area contributed by atoms with E-state index in [1.807, 2.05) is 0 Å². The third-order valence-electron chi connectivity index (χ3n) is 5.55. The summed E-state index contributed by atoms with van der Waals surface area (Å²) in [5, 5.41) is 0.358. The van der Waals surface area contributed by atoms with Crippen molar-refractivity contribution >= 4 is 46.5 Å². The van der Waals surface area contributed by atoms with Crippen LogP contribution in [0.5, 0.6) is 0 Å². The largest absolute Gasteiger partial charge is 0.345 e. The summed E-state index contributed by atoms with van der Waals surface area (Å²) < 4.78 is 69.1. The van der Waals surface area contributed by atoms with Crippen molar-refractivity contribution in [3.05, 3.63) is 107 Å². The summed E-state index contributed by atoms with van der Waals surface area (Å²) in [4.78, 5) is 21.0. The van der Waals surface area contributed by atoms with E-state index in [1.54, 1.807) is 36.5 Å². The number of benzene rings is 3. The number of halogens is 4. The van der Waals surface area contributed by atoms with Gasteiger partial charge in [-0.25, -0.2) is 22.5 Å². The molecule has 0 fully saturated rings. The number of ketones is 1. The molecule has 0 unspecified atom stereocenters. The van der Waals surface area contributed by atoms with Crippen molar-refractivity contribution in [2.45, 2.75) is 9.79 Å². The van der Waals surface area contributed by atoms with Gasteiger partial charge in [0, 0.05) is 45.8 Å². The molecular weight excluding hydrogens is 526 g/mol. The number of hydrogen-bond donors (Lipinski definition) is 3. The first-order valence-corrected chi connectivity index (χ1v) is 12.2. The van der Waals surface area contributed by atoms with E-state index in [0.717, 1.165) is 35.9 Å². The summed E-state index contributed by atoms with van der Waals surface area (Å²) >= 11 is 1.19. The Hall–Kier alpha value is -3.80. The summed E-state index contributed by atoms with van der Waals surface area (Å²) in [5.74, 6) is -4.59. The van der Waals surface area contributed by atoms with Gasteiger partial charge in [-0.05, 0) is 66.0 Å². The second-order valence-electron chi connectivity index (χ2n) is 7.83. The van der Waals surface area contributed by atoms with Crippen LogP contribution in [0.4, 0.5) is 23.2 Å². The predicted molar refractivity (Wildman–Crippen MR) is 136 cm³/mol. The molecule has 186 valence electrons. The number of nitrogens with one attached hydrogen (secondary N) is 2. The van der Waals surface area contributed by atoms with Crippen molar-refractivity contribution in [2.75, 3.05) is 4.72 Å². The zero-order valence-electron chi connectivity index (χ0n) is 18.6. The van der Waals surface area contributed by atoms with Crippen molar-refractivity contribution in [3.8, 4) is 11.1 Å². The molecule has 0 spiro atoms. The predicted octanol–water partition coefficient (Wildman–Crippen LogP) is 7.70. The Labute approximate surface area is 216 Å². The maximum Gasteiger partial charge on any atom is 0.201 e. The van der Waals surface area contributed by atoms with E-state index >= 15 is 4.39 Å². The molecule has 2 heterocycles. The van der Waals surface area contributed by atoms with Gasteiger partial charge >= 0.3 is 0 Å². The van der Waals surface area contributed by atoms with Crippen molar-refractivity contribution in [1.82, 2.24) is 9.97 Å². The highest BCUT2D eigenvalue weighted by molar-refractivity contribution is 8.00. The zero-order valence-corrected chi connectivity index (χ0v) is 20.2. The molecule has 0 aliphatic heterocycles. The molecule has 0 aliphatic rings. The van der Waals surface area contributed by atoms with Gasteiger partial charge in [0.05, 0.1) is 16.1 Å². The van der Waals surface area contributed by atoms with Crippen LogP contribution in [-0.2, 0) is 0 Å². The first kappa shape index (κ1) is 24.9. The molecule has 3 N–H and O–H groups in total. The summed E-state index contributed by atoms with van der Waals surface area (Å²) in [6.45, 7) is 0. The fourth-order valence-electron chi connectivity index (χ4n) is 3.70. The van der Waals surface area contributed by atoms with Gasteiger partial charge in [0.1, 0.15) is 23.1 Å². The Balaban J connectivity index is 1.49. The lowest BCUT2D eigenvalue weighted by atomic mass is 10.00. The van der Waals surface area contributed by atoms with Crippen LogP contribution in [-0.4, -0.2) is 20.3 Å². The number of aromatic amines is 1. The number of nitrogens with zero attached hydrogens (tertiary/aromatic N) is 1. The summed E-state index contributed by atoms with van der Waals surface area (Å²) in [7, 11) is 0. The molecular formula is C26H15F4N3O2S2. The zero-order chi connectivity index (χ0) is 26.1. The van der Waals surface area contributed by atoms with E-state index in [0.29, 0.717) is 45.5 Å². The minimum absolute atomic E-state index is 0.00524. The number of carbonyl (C=O) groups excluding carboxylic acids is 1. The van der Waals surface area contributed by atoms with E-state index in [-0.39, 0.29) is 16.1 Å². The molecule has 0 aliphatic carbocycles. The molecule has 11 heteroatoms. The lowest BCUT2D eigenvalue weighted by Crippen LogP contribution is -2.09. The first-order valence-electron chi connectivity index (χ1n) is 10.7. The fraction of sp³-hybridized carbons (Fsp3) is 0. The highest BCUT2D eigenvalue weighted by Crippen LogP contribution is 2.32. The third kappa shape index (κ3) is 4.93. The van der Waals surface area contributed by atoms with E-state index in [1.165, 1.54) is 6.20 Å². The van der Waals surface area contributed by atoms with E-state index in [2.05, 4.69) is 14.7 Å². The van der Waals surface area contributed by atoms with Crippen LogP contribution in [0, 0.1) is 23.3 Å². The summed E-state index contributed by atoms with van der Waals surface area (Å²) in [6.07, 6.45) is 2.91. The quantitative estimate of drug-likeness (QED) is 0.0848. The number of rotatable bonds is 7. The van der Waals surface area contributed by atoms with Gasteiger partial charge in [-0.3, -0.25) is 4.79 Å². The Morgan fingerprint density at radius 1 is 0.919 bits per heavy atom. The number of hydrogen-bond acceptors (Lipinski definition) is 6. The summed E-state index contributed by atoms with van der Waals surface area (Å²) in [6, 6.07) is 13.4. The van der Waals surface area contributed by atoms with Crippen LogP contribution in [0.15, 0.2) is 82.8 Å². The van der Waals surface area contributed by atoms with Crippen LogP contribution in [0.1, 0.15) is 15.9 Å². The van der Waals surface area contributed by atoms with E-state index < -0.39 is 34.6 Å². The van der Waals surface area contributed by atoms with E-state index in [4.69, 9.17) is 4.55 Å². The normalized spacial score (nSPS) is 11.2. The van der Waals surface area contributed by atoms with Crippen molar-refractivity contribution in [2.24, 2.45) is 0 Å². The molecule has 0 atom stereocenters. The van der Waals surface area contributed by atoms with Gasteiger partial charge in [0.15, 0.2) is 5.82 Å². The number of pyridine rings is 1. The molecule has 0 bridgehead atoms. The Kier molecular flexibility index (Phi) is 6.92. The van der Waals surface area contributed by atoms with Crippen molar-refractivity contribution in [3.63, 3.8) is 0 Å². The Bertz CT molecular complexity index is 1640. The van der Waals surface area contributed by atoms with Gasteiger partial charge in [0.25, 0.3) is 0 Å². The molecule has 37 heavy (non-hydrogen) atoms. The monoisotopic (exact) mass is 541 g/mol. The standard InChI is InChI=1S/C26H15F4N3O2S2/c27-15-3-6-19(28)22(10-15)36-33-21-8-7-20(29)23(24(21)30)25(34)18-12-32-26-17(18)9-14(11-31-26)13-1-4-16(37-35)5-2-13/h1-12,33,35H,(H,31,32). The topological polar surface area (TPSA) is 78.0 Å². The van der Waals surface area contributed by atoms with Gasteiger partial charge < -0.3 is 14.3 Å². The molecule has 2 aromatic heterocycles. The maximum absolute atomic E-state index is 15.3. The molecule has 0 amide bonds. The number of fused-ring (bicyclic) bond motifs is 1. The highest BCUT2D eigenvalue weighted by Gasteiger charge is 2.25. The molecule has 3 aromatic carbocycles. The average molecular weight is 542 g/mol.